The van der Waals surface area contributed by atoms with Crippen LogP contribution in [0.2, 0.25) is 0 Å². The maximum absolute atomic E-state index is 11.1. The van der Waals surface area contributed by atoms with Gasteiger partial charge >= 0.3 is 0 Å². The Kier molecular flexibility index (Phi) is 2.46. The van der Waals surface area contributed by atoms with Crippen LogP contribution in [0.25, 0.3) is 0 Å². The van der Waals surface area contributed by atoms with Gasteiger partial charge in [-0.1, -0.05) is 0 Å². The number of aromatic nitrogens is 2. The molecule has 1 aromatic heterocycles. The van der Waals surface area contributed by atoms with Crippen LogP contribution in [0.5, 0.6) is 0 Å². The summed E-state index contributed by atoms with van der Waals surface area (Å²) in [4.78, 5) is 20.8. The first-order chi connectivity index (χ1) is 7.29. The molecule has 1 saturated heterocycles. The fraction of sp³-hybridized carbons (Fsp3) is 0.333. The van der Waals surface area contributed by atoms with Gasteiger partial charge in [0, 0.05) is 19.3 Å². The van der Waals surface area contributed by atoms with E-state index in [9.17, 15) is 4.79 Å². The molecule has 6 nitrogen and oxygen atoms in total. The van der Waals surface area contributed by atoms with Crippen molar-refractivity contribution in [1.29, 1.82) is 5.26 Å². The van der Waals surface area contributed by atoms with Gasteiger partial charge in [-0.3, -0.25) is 4.79 Å². The van der Waals surface area contributed by atoms with Gasteiger partial charge in [0.05, 0.1) is 6.54 Å². The largest absolute Gasteiger partial charge is 0.353 e. The van der Waals surface area contributed by atoms with E-state index in [0.29, 0.717) is 18.9 Å². The minimum atomic E-state index is -0.0293. The van der Waals surface area contributed by atoms with E-state index in [1.807, 2.05) is 11.0 Å². The van der Waals surface area contributed by atoms with Crippen LogP contribution < -0.4 is 10.2 Å². The Morgan fingerprint density at radius 1 is 1.60 bits per heavy atom. The fourth-order valence-corrected chi connectivity index (χ4v) is 1.41. The van der Waals surface area contributed by atoms with Gasteiger partial charge in [-0.2, -0.15) is 5.26 Å². The predicted octanol–water partition coefficient (Wildman–Crippen LogP) is -0.716. The van der Waals surface area contributed by atoms with E-state index < -0.39 is 0 Å². The lowest BCUT2D eigenvalue weighted by Gasteiger charge is -2.27. The molecule has 1 N–H and O–H groups in total. The lowest BCUT2D eigenvalue weighted by Crippen LogP contribution is -2.48. The SMILES string of the molecule is N#Cc1nccc(N2CCNC(=O)C2)n1. The highest BCUT2D eigenvalue weighted by molar-refractivity contribution is 5.82. The zero-order valence-corrected chi connectivity index (χ0v) is 7.97. The molecule has 0 aromatic carbocycles. The van der Waals surface area contributed by atoms with Crippen LogP contribution in [0.15, 0.2) is 12.3 Å². The molecule has 0 unspecified atom stereocenters. The van der Waals surface area contributed by atoms with Crippen molar-refractivity contribution in [2.45, 2.75) is 0 Å². The molecule has 0 atom stereocenters. The third-order valence-electron chi connectivity index (χ3n) is 2.10. The first kappa shape index (κ1) is 9.40. The standard InChI is InChI=1S/C9H9N5O/c10-5-7-11-2-1-8(13-7)14-4-3-12-9(15)6-14/h1-2H,3-4,6H2,(H,12,15). The molecule has 1 fully saturated rings. The first-order valence-corrected chi connectivity index (χ1v) is 4.54. The van der Waals surface area contributed by atoms with Crippen molar-refractivity contribution in [2.24, 2.45) is 0 Å². The highest BCUT2D eigenvalue weighted by Gasteiger charge is 2.17. The van der Waals surface area contributed by atoms with Crippen LogP contribution in [-0.4, -0.2) is 35.5 Å². The molecule has 15 heavy (non-hydrogen) atoms. The van der Waals surface area contributed by atoms with E-state index in [1.54, 1.807) is 6.07 Å². The van der Waals surface area contributed by atoms with Crippen molar-refractivity contribution in [3.63, 3.8) is 0 Å². The van der Waals surface area contributed by atoms with Gasteiger partial charge in [-0.05, 0) is 6.07 Å². The van der Waals surface area contributed by atoms with Crippen molar-refractivity contribution in [1.82, 2.24) is 15.3 Å². The number of nitrogens with one attached hydrogen (secondary N) is 1. The number of nitrogens with zero attached hydrogens (tertiary/aromatic N) is 4. The topological polar surface area (TPSA) is 81.9 Å². The third kappa shape index (κ3) is 2.02. The predicted molar refractivity (Wildman–Crippen MR) is 52.0 cm³/mol. The number of rotatable bonds is 1. The molecule has 1 aliphatic heterocycles. The first-order valence-electron chi connectivity index (χ1n) is 4.54. The van der Waals surface area contributed by atoms with E-state index in [2.05, 4.69) is 15.3 Å². The van der Waals surface area contributed by atoms with E-state index in [1.165, 1.54) is 6.20 Å². The lowest BCUT2D eigenvalue weighted by molar-refractivity contribution is -0.120. The van der Waals surface area contributed by atoms with E-state index in [4.69, 9.17) is 5.26 Å². The van der Waals surface area contributed by atoms with Gasteiger partial charge in [0.2, 0.25) is 11.7 Å². The van der Waals surface area contributed by atoms with Crippen molar-refractivity contribution < 1.29 is 4.79 Å². The van der Waals surface area contributed by atoms with E-state index in [0.717, 1.165) is 0 Å². The number of carbonyl (C=O) groups excluding carboxylic acids is 1. The smallest absolute Gasteiger partial charge is 0.239 e. The molecule has 1 amide bonds. The number of nitriles is 1. The van der Waals surface area contributed by atoms with Gasteiger partial charge < -0.3 is 10.2 Å². The fourth-order valence-electron chi connectivity index (χ4n) is 1.41. The molecule has 2 rings (SSSR count). The lowest BCUT2D eigenvalue weighted by atomic mass is 10.3. The minimum Gasteiger partial charge on any atom is -0.353 e. The average Bonchev–Trinajstić information content (AvgIpc) is 2.29. The summed E-state index contributed by atoms with van der Waals surface area (Å²) < 4.78 is 0. The molecule has 0 radical (unpaired) electrons. The van der Waals surface area contributed by atoms with Gasteiger partial charge in [0.1, 0.15) is 11.9 Å². The molecule has 0 spiro atoms. The van der Waals surface area contributed by atoms with Crippen LogP contribution >= 0.6 is 0 Å². The Hall–Kier alpha value is -2.16. The second-order valence-corrected chi connectivity index (χ2v) is 3.12. The average molecular weight is 203 g/mol. The Balaban J connectivity index is 2.21. The Morgan fingerprint density at radius 2 is 2.47 bits per heavy atom. The summed E-state index contributed by atoms with van der Waals surface area (Å²) in [5.74, 6) is 0.716. The molecular formula is C9H9N5O. The highest BCUT2D eigenvalue weighted by Crippen LogP contribution is 2.10. The van der Waals surface area contributed by atoms with Crippen LogP contribution in [0, 0.1) is 11.3 Å². The maximum Gasteiger partial charge on any atom is 0.239 e. The number of anilines is 1. The number of amides is 1. The van der Waals surface area contributed by atoms with Crippen LogP contribution in [-0.2, 0) is 4.79 Å². The van der Waals surface area contributed by atoms with Crippen molar-refractivity contribution in [3.05, 3.63) is 18.1 Å². The van der Waals surface area contributed by atoms with Crippen molar-refractivity contribution in [2.75, 3.05) is 24.5 Å². The van der Waals surface area contributed by atoms with Crippen LogP contribution in [0.3, 0.4) is 0 Å². The van der Waals surface area contributed by atoms with Crippen LogP contribution in [0.1, 0.15) is 5.82 Å². The monoisotopic (exact) mass is 203 g/mol. The molecule has 1 aliphatic rings. The van der Waals surface area contributed by atoms with Gasteiger partial charge in [-0.25, -0.2) is 9.97 Å². The zero-order valence-electron chi connectivity index (χ0n) is 7.97. The second kappa shape index (κ2) is 3.92. The Morgan fingerprint density at radius 3 is 3.20 bits per heavy atom. The van der Waals surface area contributed by atoms with Crippen molar-refractivity contribution >= 4 is 11.7 Å². The quantitative estimate of drug-likeness (QED) is 0.651. The normalized spacial score (nSPS) is 15.7. The zero-order chi connectivity index (χ0) is 10.7. The molecular weight excluding hydrogens is 194 g/mol. The third-order valence-corrected chi connectivity index (χ3v) is 2.10. The van der Waals surface area contributed by atoms with Gasteiger partial charge in [-0.15, -0.1) is 0 Å². The molecule has 0 saturated carbocycles. The molecule has 76 valence electrons. The summed E-state index contributed by atoms with van der Waals surface area (Å²) in [5, 5.41) is 11.4. The summed E-state index contributed by atoms with van der Waals surface area (Å²) >= 11 is 0. The summed E-state index contributed by atoms with van der Waals surface area (Å²) in [6.45, 7) is 1.58. The summed E-state index contributed by atoms with van der Waals surface area (Å²) in [7, 11) is 0. The van der Waals surface area contributed by atoms with Gasteiger partial charge in [0.25, 0.3) is 0 Å². The Labute approximate surface area is 86.6 Å². The second-order valence-electron chi connectivity index (χ2n) is 3.12. The van der Waals surface area contributed by atoms with Gasteiger partial charge in [0.15, 0.2) is 0 Å². The highest BCUT2D eigenvalue weighted by atomic mass is 16.2. The summed E-state index contributed by atoms with van der Waals surface area (Å²) in [5.41, 5.74) is 0. The van der Waals surface area contributed by atoms with E-state index in [-0.39, 0.29) is 18.3 Å². The molecule has 2 heterocycles. The summed E-state index contributed by atoms with van der Waals surface area (Å²) in [6, 6.07) is 3.56. The Bertz CT molecular complexity index is 425. The number of hydrogen-bond donors (Lipinski definition) is 1. The molecule has 1 aromatic rings. The molecule has 6 heteroatoms. The number of hydrogen-bond acceptors (Lipinski definition) is 5. The number of piperazine rings is 1. The molecule has 0 aliphatic carbocycles. The van der Waals surface area contributed by atoms with Crippen molar-refractivity contribution in [3.8, 4) is 6.07 Å². The number of carbonyl (C=O) groups is 1. The maximum atomic E-state index is 11.1. The summed E-state index contributed by atoms with van der Waals surface area (Å²) in [6.07, 6.45) is 1.52. The van der Waals surface area contributed by atoms with E-state index >= 15 is 0 Å². The van der Waals surface area contributed by atoms with Crippen LogP contribution in [0.4, 0.5) is 5.82 Å². The minimum absolute atomic E-state index is 0.0293. The molecule has 0 bridgehead atoms.